The summed E-state index contributed by atoms with van der Waals surface area (Å²) >= 11 is 0. The van der Waals surface area contributed by atoms with Crippen molar-refractivity contribution in [1.29, 1.82) is 0 Å². The quantitative estimate of drug-likeness (QED) is 0.803. The zero-order valence-corrected chi connectivity index (χ0v) is 13.4. The van der Waals surface area contributed by atoms with E-state index < -0.39 is 0 Å². The zero-order chi connectivity index (χ0) is 15.1. The second-order valence-electron chi connectivity index (χ2n) is 6.11. The van der Waals surface area contributed by atoms with Gasteiger partial charge in [-0.05, 0) is 51.4 Å². The maximum absolute atomic E-state index is 12.6. The van der Waals surface area contributed by atoms with Gasteiger partial charge in [0, 0.05) is 19.0 Å². The number of hydrogen-bond acceptors (Lipinski definition) is 2. The molecule has 1 fully saturated rings. The molecule has 0 N–H and O–H groups in total. The molecule has 0 atom stereocenters. The van der Waals surface area contributed by atoms with Gasteiger partial charge in [0.05, 0.1) is 0 Å². The molecule has 1 amide bonds. The third-order valence-electron chi connectivity index (χ3n) is 4.38. The number of carbonyl (C=O) groups is 1. The number of hydrogen-bond donors (Lipinski definition) is 0. The third kappa shape index (κ3) is 4.85. The Hall–Kier alpha value is -1.35. The minimum atomic E-state index is 0.329. The molecule has 1 aliphatic heterocycles. The van der Waals surface area contributed by atoms with Crippen molar-refractivity contribution in [3.8, 4) is 0 Å². The largest absolute Gasteiger partial charge is 0.340 e. The molecule has 0 bridgehead atoms. The van der Waals surface area contributed by atoms with Crippen molar-refractivity contribution in [3.05, 3.63) is 35.9 Å². The van der Waals surface area contributed by atoms with E-state index in [9.17, 15) is 4.79 Å². The molecule has 1 heterocycles. The molecule has 1 aromatic rings. The Bertz CT molecular complexity index is 424. The van der Waals surface area contributed by atoms with Crippen LogP contribution in [-0.4, -0.2) is 48.4 Å². The number of carbonyl (C=O) groups excluding carboxylic acids is 1. The van der Waals surface area contributed by atoms with Crippen LogP contribution >= 0.6 is 0 Å². The van der Waals surface area contributed by atoms with E-state index in [4.69, 9.17) is 0 Å². The fourth-order valence-corrected chi connectivity index (χ4v) is 3.10. The Labute approximate surface area is 128 Å². The van der Waals surface area contributed by atoms with Gasteiger partial charge in [0.1, 0.15) is 0 Å². The van der Waals surface area contributed by atoms with Gasteiger partial charge in [0.2, 0.25) is 5.91 Å². The first kappa shape index (κ1) is 16.0. The van der Waals surface area contributed by atoms with Crippen LogP contribution in [0.1, 0.15) is 38.2 Å². The molecule has 1 aliphatic rings. The second-order valence-corrected chi connectivity index (χ2v) is 6.11. The Morgan fingerprint density at radius 1 is 1.24 bits per heavy atom. The summed E-state index contributed by atoms with van der Waals surface area (Å²) in [5, 5.41) is 0. The van der Waals surface area contributed by atoms with Gasteiger partial charge in [-0.15, -0.1) is 0 Å². The summed E-state index contributed by atoms with van der Waals surface area (Å²) in [6.45, 7) is 5.28. The average molecular weight is 288 g/mol. The van der Waals surface area contributed by atoms with Gasteiger partial charge in [-0.2, -0.15) is 0 Å². The predicted octanol–water partition coefficient (Wildman–Crippen LogP) is 2.95. The van der Waals surface area contributed by atoms with Crippen LogP contribution in [0.5, 0.6) is 0 Å². The lowest BCUT2D eigenvalue weighted by Crippen LogP contribution is -2.46. The van der Waals surface area contributed by atoms with Crippen molar-refractivity contribution in [2.75, 3.05) is 26.7 Å². The Balaban J connectivity index is 1.89. The molecule has 0 spiro atoms. The highest BCUT2D eigenvalue weighted by atomic mass is 16.2. The molecular formula is C18H28N2O. The number of aryl methyl sites for hydroxylation is 1. The molecule has 2 rings (SSSR count). The first-order valence-electron chi connectivity index (χ1n) is 8.22. The Morgan fingerprint density at radius 3 is 2.52 bits per heavy atom. The molecule has 0 unspecified atom stereocenters. The smallest absolute Gasteiger partial charge is 0.223 e. The van der Waals surface area contributed by atoms with E-state index in [0.717, 1.165) is 45.3 Å². The number of piperidine rings is 1. The number of nitrogens with zero attached hydrogens (tertiary/aromatic N) is 2. The highest BCUT2D eigenvalue weighted by molar-refractivity contribution is 5.76. The first-order valence-corrected chi connectivity index (χ1v) is 8.22. The van der Waals surface area contributed by atoms with E-state index >= 15 is 0 Å². The van der Waals surface area contributed by atoms with Crippen LogP contribution in [0.2, 0.25) is 0 Å². The van der Waals surface area contributed by atoms with E-state index in [1.54, 1.807) is 0 Å². The van der Waals surface area contributed by atoms with Crippen LogP contribution in [0.4, 0.5) is 0 Å². The lowest BCUT2D eigenvalue weighted by Gasteiger charge is -2.37. The lowest BCUT2D eigenvalue weighted by molar-refractivity contribution is -0.134. The highest BCUT2D eigenvalue weighted by Gasteiger charge is 2.25. The number of rotatable bonds is 6. The number of likely N-dealkylation sites (tertiary alicyclic amines) is 1. The standard InChI is InChI=1S/C18H28N2O/c1-3-13-20(17-11-14-19(2)15-12-17)18(21)10-9-16-7-5-4-6-8-16/h4-8,17H,3,9-15H2,1-2H3. The predicted molar refractivity (Wildman–Crippen MR) is 87.3 cm³/mol. The fourth-order valence-electron chi connectivity index (χ4n) is 3.10. The van der Waals surface area contributed by atoms with Crippen LogP contribution < -0.4 is 0 Å². The van der Waals surface area contributed by atoms with Crippen LogP contribution in [-0.2, 0) is 11.2 Å². The molecule has 3 heteroatoms. The van der Waals surface area contributed by atoms with Crippen LogP contribution in [0.25, 0.3) is 0 Å². The molecule has 0 aromatic heterocycles. The van der Waals surface area contributed by atoms with Crippen LogP contribution in [0, 0.1) is 0 Å². The zero-order valence-electron chi connectivity index (χ0n) is 13.4. The topological polar surface area (TPSA) is 23.6 Å². The fraction of sp³-hybridized carbons (Fsp3) is 0.611. The normalized spacial score (nSPS) is 16.9. The van der Waals surface area contributed by atoms with Gasteiger partial charge in [-0.1, -0.05) is 37.3 Å². The van der Waals surface area contributed by atoms with E-state index in [1.165, 1.54) is 5.56 Å². The second kappa shape index (κ2) is 8.18. The summed E-state index contributed by atoms with van der Waals surface area (Å²) in [6, 6.07) is 10.8. The molecule has 1 aromatic carbocycles. The maximum atomic E-state index is 12.6. The molecular weight excluding hydrogens is 260 g/mol. The van der Waals surface area contributed by atoms with E-state index in [2.05, 4.69) is 35.9 Å². The summed E-state index contributed by atoms with van der Waals surface area (Å²) in [7, 11) is 2.16. The molecule has 116 valence electrons. The Morgan fingerprint density at radius 2 is 1.90 bits per heavy atom. The van der Waals surface area contributed by atoms with Crippen LogP contribution in [0.3, 0.4) is 0 Å². The average Bonchev–Trinajstić information content (AvgIpc) is 2.52. The minimum absolute atomic E-state index is 0.329. The van der Waals surface area contributed by atoms with Crippen molar-refractivity contribution >= 4 is 5.91 Å². The summed E-state index contributed by atoms with van der Waals surface area (Å²) in [5.41, 5.74) is 1.26. The molecule has 21 heavy (non-hydrogen) atoms. The van der Waals surface area contributed by atoms with Crippen molar-refractivity contribution < 1.29 is 4.79 Å². The first-order chi connectivity index (χ1) is 10.2. The molecule has 1 saturated heterocycles. The van der Waals surface area contributed by atoms with Gasteiger partial charge in [0.25, 0.3) is 0 Å². The van der Waals surface area contributed by atoms with Gasteiger partial charge in [0.15, 0.2) is 0 Å². The summed E-state index contributed by atoms with van der Waals surface area (Å²) in [4.78, 5) is 17.1. The lowest BCUT2D eigenvalue weighted by atomic mass is 10.0. The molecule has 0 radical (unpaired) electrons. The number of benzene rings is 1. The van der Waals surface area contributed by atoms with Crippen LogP contribution in [0.15, 0.2) is 30.3 Å². The van der Waals surface area contributed by atoms with Crippen molar-refractivity contribution in [1.82, 2.24) is 9.80 Å². The molecule has 0 aliphatic carbocycles. The SMILES string of the molecule is CCCN(C(=O)CCc1ccccc1)C1CCN(C)CC1. The highest BCUT2D eigenvalue weighted by Crippen LogP contribution is 2.17. The van der Waals surface area contributed by atoms with Crippen molar-refractivity contribution in [2.45, 2.75) is 45.1 Å². The van der Waals surface area contributed by atoms with Gasteiger partial charge in [-0.3, -0.25) is 4.79 Å². The van der Waals surface area contributed by atoms with Crippen molar-refractivity contribution in [3.63, 3.8) is 0 Å². The van der Waals surface area contributed by atoms with Gasteiger partial charge in [-0.25, -0.2) is 0 Å². The maximum Gasteiger partial charge on any atom is 0.223 e. The Kier molecular flexibility index (Phi) is 6.24. The van der Waals surface area contributed by atoms with E-state index in [0.29, 0.717) is 18.4 Å². The van der Waals surface area contributed by atoms with E-state index in [-0.39, 0.29) is 0 Å². The third-order valence-corrected chi connectivity index (χ3v) is 4.38. The van der Waals surface area contributed by atoms with E-state index in [1.807, 2.05) is 18.2 Å². The summed E-state index contributed by atoms with van der Waals surface area (Å²) < 4.78 is 0. The monoisotopic (exact) mass is 288 g/mol. The molecule has 3 nitrogen and oxygen atoms in total. The minimum Gasteiger partial charge on any atom is -0.340 e. The summed E-state index contributed by atoms with van der Waals surface area (Å²) in [6.07, 6.45) is 4.77. The molecule has 0 saturated carbocycles. The number of amides is 1. The summed E-state index contributed by atoms with van der Waals surface area (Å²) in [5.74, 6) is 0.329. The van der Waals surface area contributed by atoms with Crippen molar-refractivity contribution in [2.24, 2.45) is 0 Å². The van der Waals surface area contributed by atoms with Gasteiger partial charge >= 0.3 is 0 Å². The van der Waals surface area contributed by atoms with Gasteiger partial charge < -0.3 is 9.80 Å².